The summed E-state index contributed by atoms with van der Waals surface area (Å²) < 4.78 is 5.39. The second-order valence-corrected chi connectivity index (χ2v) is 5.88. The molecule has 3 rings (SSSR count). The van der Waals surface area contributed by atoms with Gasteiger partial charge in [-0.1, -0.05) is 13.8 Å². The van der Waals surface area contributed by atoms with Gasteiger partial charge in [-0.05, 0) is 6.42 Å². The number of carbonyl (C=O) groups is 1. The zero-order valence-electron chi connectivity index (χ0n) is 13.4. The number of carbonyl (C=O) groups excluding carboxylic acids is 1. The van der Waals surface area contributed by atoms with Crippen LogP contribution in [0.15, 0.2) is 6.20 Å². The van der Waals surface area contributed by atoms with Gasteiger partial charge >= 0.3 is 0 Å². The van der Waals surface area contributed by atoms with Crippen molar-refractivity contribution in [3.05, 3.63) is 23.3 Å². The van der Waals surface area contributed by atoms with E-state index in [1.165, 1.54) is 0 Å². The van der Waals surface area contributed by atoms with Crippen LogP contribution in [0.4, 0.5) is 0 Å². The fourth-order valence-electron chi connectivity index (χ4n) is 3.21. The number of fused-ring (bicyclic) bond motifs is 1. The van der Waals surface area contributed by atoms with E-state index in [2.05, 4.69) is 21.8 Å². The van der Waals surface area contributed by atoms with Crippen LogP contribution < -0.4 is 0 Å². The van der Waals surface area contributed by atoms with Crippen molar-refractivity contribution in [2.45, 2.75) is 45.8 Å². The lowest BCUT2D eigenvalue weighted by molar-refractivity contribution is -0.139. The van der Waals surface area contributed by atoms with Crippen LogP contribution in [0.2, 0.25) is 0 Å². The van der Waals surface area contributed by atoms with Crippen molar-refractivity contribution in [3.8, 4) is 0 Å². The largest absolute Gasteiger partial charge is 0.379 e. The minimum Gasteiger partial charge on any atom is -0.379 e. The highest BCUT2D eigenvalue weighted by molar-refractivity contribution is 5.82. The van der Waals surface area contributed by atoms with E-state index in [-0.39, 0.29) is 11.9 Å². The van der Waals surface area contributed by atoms with Crippen molar-refractivity contribution < 1.29 is 9.53 Å². The first-order chi connectivity index (χ1) is 10.7. The Bertz CT molecular complexity index is 543. The molecule has 2 aliphatic heterocycles. The summed E-state index contributed by atoms with van der Waals surface area (Å²) in [4.78, 5) is 26.0. The third-order valence-electron chi connectivity index (χ3n) is 4.49. The van der Waals surface area contributed by atoms with Crippen LogP contribution in [0, 0.1) is 0 Å². The molecule has 0 spiro atoms. The molecule has 0 aromatic carbocycles. The van der Waals surface area contributed by atoms with E-state index in [4.69, 9.17) is 4.74 Å². The molecule has 0 unspecified atom stereocenters. The molecule has 6 nitrogen and oxygen atoms in total. The van der Waals surface area contributed by atoms with Crippen LogP contribution >= 0.6 is 0 Å². The second-order valence-electron chi connectivity index (χ2n) is 5.88. The Labute approximate surface area is 131 Å². The molecule has 0 N–H and O–H groups in total. The third-order valence-corrected chi connectivity index (χ3v) is 4.49. The molecule has 3 heterocycles. The van der Waals surface area contributed by atoms with Crippen LogP contribution in [-0.4, -0.2) is 58.0 Å². The van der Waals surface area contributed by atoms with Gasteiger partial charge in [0, 0.05) is 37.8 Å². The number of nitrogens with zero attached hydrogens (tertiary/aromatic N) is 4. The highest BCUT2D eigenvalue weighted by Crippen LogP contribution is 2.23. The van der Waals surface area contributed by atoms with Gasteiger partial charge in [0.2, 0.25) is 5.91 Å². The summed E-state index contributed by atoms with van der Waals surface area (Å²) in [6.45, 7) is 8.49. The Hall–Kier alpha value is -1.53. The first-order valence-corrected chi connectivity index (χ1v) is 8.17. The van der Waals surface area contributed by atoms with E-state index in [0.29, 0.717) is 13.1 Å². The molecule has 2 aliphatic rings. The Kier molecular flexibility index (Phi) is 4.69. The topological polar surface area (TPSA) is 58.6 Å². The van der Waals surface area contributed by atoms with Gasteiger partial charge in [0.15, 0.2) is 0 Å². The van der Waals surface area contributed by atoms with E-state index < -0.39 is 0 Å². The zero-order valence-corrected chi connectivity index (χ0v) is 13.4. The predicted molar refractivity (Wildman–Crippen MR) is 82.1 cm³/mol. The molecule has 1 fully saturated rings. The first kappa shape index (κ1) is 15.4. The van der Waals surface area contributed by atoms with E-state index in [1.807, 2.05) is 18.0 Å². The lowest BCUT2D eigenvalue weighted by atomic mass is 10.1. The summed E-state index contributed by atoms with van der Waals surface area (Å²) >= 11 is 0. The van der Waals surface area contributed by atoms with Crippen LogP contribution in [0.5, 0.6) is 0 Å². The Morgan fingerprint density at radius 3 is 2.77 bits per heavy atom. The van der Waals surface area contributed by atoms with Crippen molar-refractivity contribution in [2.24, 2.45) is 0 Å². The van der Waals surface area contributed by atoms with Gasteiger partial charge in [-0.15, -0.1) is 0 Å². The molecule has 6 heteroatoms. The molecule has 1 aromatic rings. The monoisotopic (exact) mass is 304 g/mol. The molecule has 1 saturated heterocycles. The van der Waals surface area contributed by atoms with Gasteiger partial charge in [0.05, 0.1) is 31.5 Å². The number of ether oxygens (including phenoxy) is 1. The lowest BCUT2D eigenvalue weighted by Crippen LogP contribution is -2.51. The number of morpholine rings is 1. The summed E-state index contributed by atoms with van der Waals surface area (Å²) in [7, 11) is 0. The molecular weight excluding hydrogens is 280 g/mol. The van der Waals surface area contributed by atoms with E-state index >= 15 is 0 Å². The van der Waals surface area contributed by atoms with Crippen molar-refractivity contribution in [3.63, 3.8) is 0 Å². The molecule has 1 aromatic heterocycles. The molecule has 0 bridgehead atoms. The summed E-state index contributed by atoms with van der Waals surface area (Å²) in [5.41, 5.74) is 2.10. The van der Waals surface area contributed by atoms with Crippen LogP contribution in [0.25, 0.3) is 0 Å². The minimum atomic E-state index is -0.0446. The van der Waals surface area contributed by atoms with Gasteiger partial charge in [-0.2, -0.15) is 0 Å². The second kappa shape index (κ2) is 6.71. The van der Waals surface area contributed by atoms with Gasteiger partial charge in [0.25, 0.3) is 0 Å². The quantitative estimate of drug-likeness (QED) is 0.830. The lowest BCUT2D eigenvalue weighted by Gasteiger charge is -2.35. The van der Waals surface area contributed by atoms with E-state index in [1.54, 1.807) is 0 Å². The Morgan fingerprint density at radius 2 is 2.09 bits per heavy atom. The summed E-state index contributed by atoms with van der Waals surface area (Å²) in [6, 6.07) is -0.0446. The van der Waals surface area contributed by atoms with Crippen LogP contribution in [0.3, 0.4) is 0 Å². The molecule has 0 aliphatic carbocycles. The van der Waals surface area contributed by atoms with Gasteiger partial charge < -0.3 is 9.64 Å². The maximum atomic E-state index is 12.9. The SMILES string of the molecule is CCc1ncc2c(n1)CN(C(=O)[C@@H](CC)N1CCOCC1)C2. The molecule has 22 heavy (non-hydrogen) atoms. The standard InChI is InChI=1S/C16H24N4O2/c1-3-14(19-5-7-22-8-6-19)16(21)20-10-12-9-17-15(4-2)18-13(12)11-20/h9,14H,3-8,10-11H2,1-2H3/t14-/m1/s1. The summed E-state index contributed by atoms with van der Waals surface area (Å²) in [5.74, 6) is 1.06. The van der Waals surface area contributed by atoms with E-state index in [0.717, 1.165) is 56.2 Å². The molecule has 0 saturated carbocycles. The Morgan fingerprint density at radius 1 is 1.32 bits per heavy atom. The number of amides is 1. The van der Waals surface area contributed by atoms with Crippen molar-refractivity contribution >= 4 is 5.91 Å². The number of aryl methyl sites for hydroxylation is 1. The number of rotatable bonds is 4. The molecule has 120 valence electrons. The molecular formula is C16H24N4O2. The maximum Gasteiger partial charge on any atom is 0.240 e. The van der Waals surface area contributed by atoms with Gasteiger partial charge in [0.1, 0.15) is 5.82 Å². The fraction of sp³-hybridized carbons (Fsp3) is 0.688. The fourth-order valence-corrected chi connectivity index (χ4v) is 3.21. The molecule has 0 radical (unpaired) electrons. The highest BCUT2D eigenvalue weighted by atomic mass is 16.5. The molecule has 1 atom stereocenters. The predicted octanol–water partition coefficient (Wildman–Crippen LogP) is 0.992. The van der Waals surface area contributed by atoms with E-state index in [9.17, 15) is 4.79 Å². The highest BCUT2D eigenvalue weighted by Gasteiger charge is 2.33. The zero-order chi connectivity index (χ0) is 15.5. The minimum absolute atomic E-state index is 0.0446. The Balaban J connectivity index is 1.70. The first-order valence-electron chi connectivity index (χ1n) is 8.17. The van der Waals surface area contributed by atoms with Crippen LogP contribution in [0.1, 0.15) is 37.4 Å². The van der Waals surface area contributed by atoms with Crippen molar-refractivity contribution in [1.82, 2.24) is 19.8 Å². The third kappa shape index (κ3) is 2.98. The average molecular weight is 304 g/mol. The number of hydrogen-bond donors (Lipinski definition) is 0. The summed E-state index contributed by atoms with van der Waals surface area (Å²) in [6.07, 6.45) is 3.54. The summed E-state index contributed by atoms with van der Waals surface area (Å²) in [5, 5.41) is 0. The average Bonchev–Trinajstić information content (AvgIpc) is 2.99. The number of aromatic nitrogens is 2. The number of hydrogen-bond acceptors (Lipinski definition) is 5. The maximum absolute atomic E-state index is 12.9. The van der Waals surface area contributed by atoms with Gasteiger partial charge in [-0.25, -0.2) is 9.97 Å². The van der Waals surface area contributed by atoms with Crippen molar-refractivity contribution in [2.75, 3.05) is 26.3 Å². The van der Waals surface area contributed by atoms with Crippen molar-refractivity contribution in [1.29, 1.82) is 0 Å². The smallest absolute Gasteiger partial charge is 0.240 e. The van der Waals surface area contributed by atoms with Gasteiger partial charge in [-0.3, -0.25) is 9.69 Å². The molecule has 1 amide bonds. The normalized spacial score (nSPS) is 20.0. The van der Waals surface area contributed by atoms with Crippen LogP contribution in [-0.2, 0) is 29.0 Å².